The van der Waals surface area contributed by atoms with Crippen LogP contribution in [0.15, 0.2) is 24.3 Å². The van der Waals surface area contributed by atoms with Gasteiger partial charge >= 0.3 is 10.2 Å². The van der Waals surface area contributed by atoms with Gasteiger partial charge in [-0.05, 0) is 30.7 Å². The summed E-state index contributed by atoms with van der Waals surface area (Å²) in [6.07, 6.45) is 1.10. The van der Waals surface area contributed by atoms with E-state index in [1.807, 2.05) is 26.0 Å². The van der Waals surface area contributed by atoms with Crippen molar-refractivity contribution in [3.05, 3.63) is 29.8 Å². The maximum atomic E-state index is 12.1. The Morgan fingerprint density at radius 3 is 2.15 bits per heavy atom. The van der Waals surface area contributed by atoms with Crippen molar-refractivity contribution in [3.63, 3.8) is 0 Å². The van der Waals surface area contributed by atoms with Gasteiger partial charge in [-0.1, -0.05) is 32.9 Å². The highest BCUT2D eigenvalue weighted by Crippen LogP contribution is 2.13. The summed E-state index contributed by atoms with van der Waals surface area (Å²) >= 11 is 0. The highest BCUT2D eigenvalue weighted by atomic mass is 32.2. The molecule has 0 amide bonds. The molecule has 0 aliphatic heterocycles. The highest BCUT2D eigenvalue weighted by Gasteiger charge is 2.17. The Bertz CT molecular complexity index is 482. The first-order valence-corrected chi connectivity index (χ1v) is 8.55. The van der Waals surface area contributed by atoms with Crippen molar-refractivity contribution in [1.82, 2.24) is 9.62 Å². The molecule has 2 N–H and O–H groups in total. The molecule has 114 valence electrons. The summed E-state index contributed by atoms with van der Waals surface area (Å²) in [6, 6.07) is 7.46. The summed E-state index contributed by atoms with van der Waals surface area (Å²) in [5.74, 6) is 0. The van der Waals surface area contributed by atoms with Crippen molar-refractivity contribution in [2.45, 2.75) is 33.7 Å². The van der Waals surface area contributed by atoms with Gasteiger partial charge in [0.05, 0.1) is 0 Å². The van der Waals surface area contributed by atoms with Gasteiger partial charge in [-0.15, -0.1) is 0 Å². The van der Waals surface area contributed by atoms with Crippen molar-refractivity contribution in [2.24, 2.45) is 0 Å². The molecule has 0 fully saturated rings. The van der Waals surface area contributed by atoms with Crippen molar-refractivity contribution in [1.29, 1.82) is 0 Å². The van der Waals surface area contributed by atoms with E-state index in [4.69, 9.17) is 0 Å². The summed E-state index contributed by atoms with van der Waals surface area (Å²) in [4.78, 5) is 0. The number of anilines is 1. The Morgan fingerprint density at radius 2 is 1.65 bits per heavy atom. The molecule has 0 saturated heterocycles. The quantitative estimate of drug-likeness (QED) is 0.687. The molecule has 1 aromatic rings. The fourth-order valence-corrected chi connectivity index (χ4v) is 3.12. The minimum absolute atomic E-state index is 0.463. The fourth-order valence-electron chi connectivity index (χ4n) is 1.88. The summed E-state index contributed by atoms with van der Waals surface area (Å²) in [5.41, 5.74) is 1.74. The molecule has 0 bridgehead atoms. The van der Waals surface area contributed by atoms with E-state index in [0.717, 1.165) is 25.1 Å². The smallest absolute Gasteiger partial charge is 0.301 e. The van der Waals surface area contributed by atoms with E-state index in [1.54, 1.807) is 12.1 Å². The lowest BCUT2D eigenvalue weighted by Crippen LogP contribution is -2.35. The van der Waals surface area contributed by atoms with E-state index in [0.29, 0.717) is 18.8 Å². The molecule has 0 heterocycles. The van der Waals surface area contributed by atoms with Gasteiger partial charge in [0, 0.05) is 25.3 Å². The third-order valence-corrected chi connectivity index (χ3v) is 4.69. The molecule has 0 aliphatic carbocycles. The van der Waals surface area contributed by atoms with Crippen LogP contribution in [0.5, 0.6) is 0 Å². The molecular formula is C14H25N3O2S. The molecule has 6 heteroatoms. The van der Waals surface area contributed by atoms with Crippen LogP contribution in [-0.4, -0.2) is 32.4 Å². The zero-order chi connectivity index (χ0) is 15.0. The average molecular weight is 299 g/mol. The van der Waals surface area contributed by atoms with Crippen molar-refractivity contribution >= 4 is 15.9 Å². The van der Waals surface area contributed by atoms with E-state index < -0.39 is 10.2 Å². The van der Waals surface area contributed by atoms with Gasteiger partial charge in [-0.25, -0.2) is 0 Å². The second-order valence-electron chi connectivity index (χ2n) is 4.57. The maximum Gasteiger partial charge on any atom is 0.301 e. The maximum absolute atomic E-state index is 12.1. The van der Waals surface area contributed by atoms with Gasteiger partial charge in [0.15, 0.2) is 0 Å². The zero-order valence-corrected chi connectivity index (χ0v) is 13.3. The van der Waals surface area contributed by atoms with Crippen molar-refractivity contribution < 1.29 is 8.42 Å². The van der Waals surface area contributed by atoms with Crippen LogP contribution in [0.2, 0.25) is 0 Å². The normalized spacial score (nSPS) is 11.8. The molecule has 0 atom stereocenters. The van der Waals surface area contributed by atoms with E-state index in [9.17, 15) is 8.42 Å². The van der Waals surface area contributed by atoms with Crippen LogP contribution in [0.1, 0.15) is 32.8 Å². The molecular weight excluding hydrogens is 274 g/mol. The monoisotopic (exact) mass is 299 g/mol. The molecule has 20 heavy (non-hydrogen) atoms. The Morgan fingerprint density at radius 1 is 1.05 bits per heavy atom. The minimum Gasteiger partial charge on any atom is -0.313 e. The van der Waals surface area contributed by atoms with Gasteiger partial charge < -0.3 is 5.32 Å². The molecule has 0 radical (unpaired) electrons. The first-order valence-electron chi connectivity index (χ1n) is 7.11. The van der Waals surface area contributed by atoms with Crippen LogP contribution in [0.4, 0.5) is 5.69 Å². The van der Waals surface area contributed by atoms with E-state index in [-0.39, 0.29) is 0 Å². The van der Waals surface area contributed by atoms with Crippen molar-refractivity contribution in [2.75, 3.05) is 24.4 Å². The fraction of sp³-hybridized carbons (Fsp3) is 0.571. The predicted octanol–water partition coefficient (Wildman–Crippen LogP) is 2.18. The highest BCUT2D eigenvalue weighted by molar-refractivity contribution is 7.90. The summed E-state index contributed by atoms with van der Waals surface area (Å²) < 4.78 is 28.1. The Balaban J connectivity index is 2.65. The largest absolute Gasteiger partial charge is 0.313 e. The Hall–Kier alpha value is -1.11. The number of hydrogen-bond donors (Lipinski definition) is 2. The molecule has 0 spiro atoms. The molecule has 1 aromatic carbocycles. The van der Waals surface area contributed by atoms with Gasteiger partial charge in [-0.2, -0.15) is 12.7 Å². The Labute approximate surface area is 122 Å². The zero-order valence-electron chi connectivity index (χ0n) is 12.5. The SMILES string of the molecule is CCCNCc1ccc(NS(=O)(=O)N(CC)CC)cc1. The van der Waals surface area contributed by atoms with Crippen molar-refractivity contribution in [3.8, 4) is 0 Å². The third kappa shape index (κ3) is 5.11. The first kappa shape index (κ1) is 16.9. The summed E-state index contributed by atoms with van der Waals surface area (Å²) in [7, 11) is -3.44. The second-order valence-corrected chi connectivity index (χ2v) is 6.24. The van der Waals surface area contributed by atoms with Gasteiger partial charge in [0.1, 0.15) is 0 Å². The molecule has 0 aromatic heterocycles. The number of hydrogen-bond acceptors (Lipinski definition) is 3. The van der Waals surface area contributed by atoms with Crippen LogP contribution < -0.4 is 10.0 Å². The Kier molecular flexibility index (Phi) is 6.98. The predicted molar refractivity (Wildman–Crippen MR) is 83.9 cm³/mol. The van der Waals surface area contributed by atoms with Gasteiger partial charge in [0.2, 0.25) is 0 Å². The standard InChI is InChI=1S/C14H25N3O2S/c1-4-11-15-12-13-7-9-14(10-8-13)16-20(18,19)17(5-2)6-3/h7-10,15-16H,4-6,11-12H2,1-3H3. The average Bonchev–Trinajstić information content (AvgIpc) is 2.41. The number of benzene rings is 1. The van der Waals surface area contributed by atoms with Crippen LogP contribution in [-0.2, 0) is 16.8 Å². The van der Waals surface area contributed by atoms with E-state index in [2.05, 4.69) is 17.0 Å². The van der Waals surface area contributed by atoms with Crippen LogP contribution in [0, 0.1) is 0 Å². The summed E-state index contributed by atoms with van der Waals surface area (Å²) in [5, 5.41) is 3.31. The number of rotatable bonds is 9. The van der Waals surface area contributed by atoms with Crippen LogP contribution in [0.25, 0.3) is 0 Å². The van der Waals surface area contributed by atoms with E-state index in [1.165, 1.54) is 4.31 Å². The molecule has 0 aliphatic rings. The lowest BCUT2D eigenvalue weighted by atomic mass is 10.2. The molecule has 0 saturated carbocycles. The number of nitrogens with zero attached hydrogens (tertiary/aromatic N) is 1. The summed E-state index contributed by atoms with van der Waals surface area (Å²) in [6.45, 7) is 8.48. The lowest BCUT2D eigenvalue weighted by Gasteiger charge is -2.19. The van der Waals surface area contributed by atoms with E-state index >= 15 is 0 Å². The molecule has 0 unspecified atom stereocenters. The molecule has 5 nitrogen and oxygen atoms in total. The third-order valence-electron chi connectivity index (χ3n) is 3.00. The topological polar surface area (TPSA) is 61.4 Å². The van der Waals surface area contributed by atoms with Gasteiger partial charge in [-0.3, -0.25) is 4.72 Å². The minimum atomic E-state index is -3.44. The van der Waals surface area contributed by atoms with Crippen LogP contribution in [0.3, 0.4) is 0 Å². The van der Waals surface area contributed by atoms with Gasteiger partial charge in [0.25, 0.3) is 0 Å². The number of nitrogens with one attached hydrogen (secondary N) is 2. The molecule has 1 rings (SSSR count). The first-order chi connectivity index (χ1) is 9.53. The second kappa shape index (κ2) is 8.24. The lowest BCUT2D eigenvalue weighted by molar-refractivity contribution is 0.449. The van der Waals surface area contributed by atoms with Crippen LogP contribution >= 0.6 is 0 Å².